The Morgan fingerprint density at radius 3 is 2.48 bits per heavy atom. The second-order valence-corrected chi connectivity index (χ2v) is 18.3. The van der Waals surface area contributed by atoms with Crippen LogP contribution in [0.15, 0.2) is 53.5 Å². The number of halogens is 1. The molecule has 2 aromatic carbocycles. The maximum absolute atomic E-state index is 16.3. The number of anilines is 1. The number of aryl methyl sites for hydroxylation is 2. The van der Waals surface area contributed by atoms with Crippen molar-refractivity contribution in [1.82, 2.24) is 30.3 Å². The van der Waals surface area contributed by atoms with Gasteiger partial charge in [-0.15, -0.1) is 31.7 Å². The second kappa shape index (κ2) is 16.1. The van der Waals surface area contributed by atoms with Crippen molar-refractivity contribution in [2.75, 3.05) is 25.1 Å². The number of carbonyl (C=O) groups excluding carboxylic acids is 1. The largest absolute Gasteiger partial charge is 0.495 e. The number of fused-ring (bicyclic) bond motifs is 3. The van der Waals surface area contributed by atoms with Crippen LogP contribution in [0.1, 0.15) is 132 Å². The lowest BCUT2D eigenvalue weighted by Gasteiger charge is -2.37. The van der Waals surface area contributed by atoms with Gasteiger partial charge in [0.05, 0.1) is 24.5 Å². The average molecular weight is 828 g/mol. The first kappa shape index (κ1) is 39.8. The zero-order chi connectivity index (χ0) is 41.7. The van der Waals surface area contributed by atoms with Crippen molar-refractivity contribution in [3.8, 4) is 22.6 Å². The number of carbonyl (C=O) groups is 1. The topological polar surface area (TPSA) is 143 Å². The molecule has 310 valence electrons. The van der Waals surface area contributed by atoms with Crippen molar-refractivity contribution >= 4 is 28.8 Å². The van der Waals surface area contributed by atoms with Crippen LogP contribution in [-0.4, -0.2) is 68.9 Å². The molecule has 3 aromatic heterocycles. The highest BCUT2D eigenvalue weighted by atomic mass is 32.1. The molecule has 1 amide bonds. The van der Waals surface area contributed by atoms with Crippen molar-refractivity contribution in [1.29, 1.82) is 5.26 Å². The standard InChI is InChI=1S/C46H50FN9O3S/c1-26-28(3)60-45-41(26)42(49-27(2)43-54-51-29(4)56(43)45)36-13-7-31(22-37(36)47)30-16-18-46(19-17-30)20-21-55(25-46)40-15-14-38(52-53-40)44(57)50-33-8-11-34(12-9-33)59-35-10-6-32(24-48)39(23-35)58-5/h6-7,10,13-15,22-23,27,30,33-34H,8-9,11-12,16-21,25H2,1-5H3,(H,50,57)/t27-,30?,33?,34?,46?/m0/s1. The number of methoxy groups -OCH3 is 1. The smallest absolute Gasteiger partial charge is 0.272 e. The van der Waals surface area contributed by atoms with Crippen molar-refractivity contribution in [3.05, 3.63) is 104 Å². The first-order valence-electron chi connectivity index (χ1n) is 21.1. The Morgan fingerprint density at radius 1 is 0.967 bits per heavy atom. The predicted octanol–water partition coefficient (Wildman–Crippen LogP) is 8.65. The van der Waals surface area contributed by atoms with Gasteiger partial charge in [-0.25, -0.2) is 4.39 Å². The number of nitrogens with one attached hydrogen (secondary N) is 1. The summed E-state index contributed by atoms with van der Waals surface area (Å²) < 4.78 is 29.9. The van der Waals surface area contributed by atoms with Crippen LogP contribution in [-0.2, 0) is 0 Å². The molecule has 1 atom stereocenters. The van der Waals surface area contributed by atoms with E-state index in [-0.39, 0.29) is 35.3 Å². The van der Waals surface area contributed by atoms with E-state index in [9.17, 15) is 10.1 Å². The number of aliphatic imine (C=N–C) groups is 1. The van der Waals surface area contributed by atoms with Crippen LogP contribution < -0.4 is 19.7 Å². The van der Waals surface area contributed by atoms with Crippen LogP contribution in [0.3, 0.4) is 0 Å². The molecule has 1 N–H and O–H groups in total. The fourth-order valence-electron chi connectivity index (χ4n) is 9.77. The lowest BCUT2D eigenvalue weighted by molar-refractivity contribution is 0.0888. The molecule has 2 saturated carbocycles. The Labute approximate surface area is 353 Å². The highest BCUT2D eigenvalue weighted by molar-refractivity contribution is 7.15. The van der Waals surface area contributed by atoms with Crippen LogP contribution in [0.4, 0.5) is 10.2 Å². The summed E-state index contributed by atoms with van der Waals surface area (Å²) in [5, 5.41) is 31.0. The van der Waals surface area contributed by atoms with Crippen molar-refractivity contribution in [3.63, 3.8) is 0 Å². The number of ether oxygens (including phenoxy) is 2. The molecule has 5 heterocycles. The van der Waals surface area contributed by atoms with E-state index in [1.165, 1.54) is 12.0 Å². The number of rotatable bonds is 8. The summed E-state index contributed by atoms with van der Waals surface area (Å²) in [5.41, 5.74) is 5.33. The normalized spacial score (nSPS) is 23.6. The Hall–Kier alpha value is -5.68. The van der Waals surface area contributed by atoms with Gasteiger partial charge >= 0.3 is 0 Å². The Morgan fingerprint density at radius 2 is 1.77 bits per heavy atom. The van der Waals surface area contributed by atoms with Gasteiger partial charge in [0.25, 0.3) is 5.91 Å². The molecular formula is C46H50FN9O3S. The van der Waals surface area contributed by atoms with E-state index >= 15 is 4.39 Å². The predicted molar refractivity (Wildman–Crippen MR) is 228 cm³/mol. The maximum atomic E-state index is 16.3. The lowest BCUT2D eigenvalue weighted by Crippen LogP contribution is -2.40. The maximum Gasteiger partial charge on any atom is 0.272 e. The molecule has 12 nitrogen and oxygen atoms in total. The summed E-state index contributed by atoms with van der Waals surface area (Å²) in [6.07, 6.45) is 8.45. The first-order valence-corrected chi connectivity index (χ1v) is 21.9. The zero-order valence-corrected chi connectivity index (χ0v) is 35.6. The molecule has 14 heteroatoms. The summed E-state index contributed by atoms with van der Waals surface area (Å²) >= 11 is 1.68. The van der Waals surface area contributed by atoms with Crippen LogP contribution in [0.25, 0.3) is 5.00 Å². The van der Waals surface area contributed by atoms with Crippen molar-refractivity contribution in [2.45, 2.75) is 110 Å². The van der Waals surface area contributed by atoms with Gasteiger partial charge in [-0.2, -0.15) is 5.26 Å². The van der Waals surface area contributed by atoms with Gasteiger partial charge in [-0.1, -0.05) is 6.07 Å². The number of hydrogen-bond acceptors (Lipinski definition) is 11. The summed E-state index contributed by atoms with van der Waals surface area (Å²) in [6, 6.07) is 16.6. The quantitative estimate of drug-likeness (QED) is 0.163. The number of benzene rings is 2. The Balaban J connectivity index is 0.782. The van der Waals surface area contributed by atoms with E-state index in [1.54, 1.807) is 41.7 Å². The molecule has 0 unspecified atom stereocenters. The molecule has 9 rings (SSSR count). The molecule has 2 aliphatic heterocycles. The van der Waals surface area contributed by atoms with Crippen LogP contribution in [0, 0.1) is 43.3 Å². The average Bonchev–Trinajstić information content (AvgIpc) is 3.92. The first-order chi connectivity index (χ1) is 29.0. The number of amides is 1. The van der Waals surface area contributed by atoms with E-state index in [4.69, 9.17) is 14.5 Å². The second-order valence-electron chi connectivity index (χ2n) is 17.1. The van der Waals surface area contributed by atoms with Crippen molar-refractivity contribution < 1.29 is 18.7 Å². The minimum atomic E-state index is -0.263. The third-order valence-electron chi connectivity index (χ3n) is 13.4. The van der Waals surface area contributed by atoms with E-state index < -0.39 is 0 Å². The van der Waals surface area contributed by atoms with Gasteiger partial charge in [0, 0.05) is 41.2 Å². The van der Waals surface area contributed by atoms with E-state index in [0.29, 0.717) is 39.9 Å². The van der Waals surface area contributed by atoms with Gasteiger partial charge in [0.15, 0.2) is 17.3 Å². The summed E-state index contributed by atoms with van der Waals surface area (Å²) in [7, 11) is 1.54. The molecular weight excluding hydrogens is 778 g/mol. The molecule has 5 aromatic rings. The summed E-state index contributed by atoms with van der Waals surface area (Å²) in [4.78, 5) is 21.7. The summed E-state index contributed by atoms with van der Waals surface area (Å²) in [6.45, 7) is 9.94. The molecule has 1 spiro atoms. The monoisotopic (exact) mass is 827 g/mol. The highest BCUT2D eigenvalue weighted by Gasteiger charge is 2.42. The number of thiophene rings is 1. The minimum Gasteiger partial charge on any atom is -0.495 e. The van der Waals surface area contributed by atoms with Crippen LogP contribution in [0.2, 0.25) is 0 Å². The SMILES string of the molecule is COc1cc(OC2CCC(NC(=O)c3ccc(N4CCC5(CCC(c6ccc(C7=N[C@@H](C)c8nnc(C)n8-c8sc(C)c(C)c87)c(F)c6)CC5)C4)nn3)CC2)ccc1C#N. The molecule has 60 heavy (non-hydrogen) atoms. The van der Waals surface area contributed by atoms with Gasteiger partial charge < -0.3 is 19.7 Å². The van der Waals surface area contributed by atoms with Crippen molar-refractivity contribution in [2.24, 2.45) is 10.4 Å². The van der Waals surface area contributed by atoms with Gasteiger partial charge in [-0.05, 0) is 144 Å². The Bertz CT molecular complexity index is 2510. The molecule has 3 fully saturated rings. The molecule has 4 aliphatic rings. The van der Waals surface area contributed by atoms with E-state index in [0.717, 1.165) is 110 Å². The third kappa shape index (κ3) is 7.42. The van der Waals surface area contributed by atoms with Gasteiger partial charge in [-0.3, -0.25) is 14.4 Å². The van der Waals surface area contributed by atoms with E-state index in [1.807, 2.05) is 26.0 Å². The Kier molecular flexibility index (Phi) is 10.6. The summed E-state index contributed by atoms with van der Waals surface area (Å²) in [5.74, 6) is 3.40. The number of hydrogen-bond donors (Lipinski definition) is 1. The number of aromatic nitrogens is 5. The fourth-order valence-corrected chi connectivity index (χ4v) is 11.0. The molecule has 1 saturated heterocycles. The van der Waals surface area contributed by atoms with Crippen LogP contribution in [0.5, 0.6) is 11.5 Å². The van der Waals surface area contributed by atoms with Gasteiger partial charge in [0.2, 0.25) is 0 Å². The number of nitrogens with zero attached hydrogens (tertiary/aromatic N) is 8. The fraction of sp³-hybridized carbons (Fsp3) is 0.457. The third-order valence-corrected chi connectivity index (χ3v) is 14.6. The van der Waals surface area contributed by atoms with E-state index in [2.05, 4.69) is 61.2 Å². The lowest BCUT2D eigenvalue weighted by atomic mass is 9.68. The highest BCUT2D eigenvalue weighted by Crippen LogP contribution is 2.49. The minimum absolute atomic E-state index is 0.0278. The molecule has 0 radical (unpaired) electrons. The van der Waals surface area contributed by atoms with Crippen LogP contribution >= 0.6 is 11.3 Å². The zero-order valence-electron chi connectivity index (χ0n) is 34.8. The number of nitriles is 1. The van der Waals surface area contributed by atoms with Gasteiger partial charge in [0.1, 0.15) is 40.3 Å². The molecule has 0 bridgehead atoms. The molecule has 2 aliphatic carbocycles.